The van der Waals surface area contributed by atoms with Crippen molar-refractivity contribution in [2.24, 2.45) is 5.92 Å². The van der Waals surface area contributed by atoms with Crippen LogP contribution < -0.4 is 19.7 Å². The third-order valence-corrected chi connectivity index (χ3v) is 5.67. The maximum absolute atomic E-state index is 12.3. The normalized spacial score (nSPS) is 17.3. The van der Waals surface area contributed by atoms with Gasteiger partial charge in [0.05, 0.1) is 19.8 Å². The molecule has 1 fully saturated rings. The minimum absolute atomic E-state index is 0.00524. The highest BCUT2D eigenvalue weighted by atomic mass is 16.5. The first-order chi connectivity index (χ1) is 14.5. The summed E-state index contributed by atoms with van der Waals surface area (Å²) in [5.41, 5.74) is 2.41. The van der Waals surface area contributed by atoms with E-state index in [2.05, 4.69) is 41.4 Å². The lowest BCUT2D eigenvalue weighted by Crippen LogP contribution is -2.34. The molecule has 2 aromatic rings. The van der Waals surface area contributed by atoms with E-state index >= 15 is 0 Å². The van der Waals surface area contributed by atoms with Crippen LogP contribution in [0.4, 0.5) is 5.69 Å². The number of nitrogens with one attached hydrogen (secondary N) is 1. The minimum Gasteiger partial charge on any atom is -0.497 e. The lowest BCUT2D eigenvalue weighted by atomic mass is 9.99. The number of piperidine rings is 1. The van der Waals surface area contributed by atoms with Crippen molar-refractivity contribution in [2.45, 2.75) is 45.6 Å². The van der Waals surface area contributed by atoms with Crippen LogP contribution in [0.1, 0.15) is 51.1 Å². The van der Waals surface area contributed by atoms with E-state index in [1.54, 1.807) is 7.11 Å². The molecular formula is C25H34N2O3. The Bertz CT molecular complexity index is 789. The number of amides is 1. The molecule has 5 nitrogen and oxygen atoms in total. The van der Waals surface area contributed by atoms with Gasteiger partial charge in [-0.3, -0.25) is 4.79 Å². The molecule has 30 heavy (non-hydrogen) atoms. The summed E-state index contributed by atoms with van der Waals surface area (Å²) in [7, 11) is 1.64. The van der Waals surface area contributed by atoms with E-state index in [0.29, 0.717) is 19.4 Å². The second kappa shape index (κ2) is 10.9. The molecule has 0 aromatic heterocycles. The summed E-state index contributed by atoms with van der Waals surface area (Å²) in [4.78, 5) is 14.7. The second-order valence-electron chi connectivity index (χ2n) is 8.20. The van der Waals surface area contributed by atoms with Crippen LogP contribution >= 0.6 is 0 Å². The molecular weight excluding hydrogens is 376 g/mol. The van der Waals surface area contributed by atoms with E-state index < -0.39 is 0 Å². The van der Waals surface area contributed by atoms with Gasteiger partial charge < -0.3 is 19.7 Å². The van der Waals surface area contributed by atoms with Gasteiger partial charge in [0.1, 0.15) is 11.5 Å². The van der Waals surface area contributed by atoms with E-state index in [9.17, 15) is 4.79 Å². The van der Waals surface area contributed by atoms with Crippen molar-refractivity contribution in [3.8, 4) is 11.5 Å². The highest BCUT2D eigenvalue weighted by Gasteiger charge is 2.17. The third kappa shape index (κ3) is 6.41. The SMILES string of the molecule is COc1ccc(OCCCC(=O)N[C@@H](C)c2ccc(N3CCC[C@@H](C)C3)cc2)cc1. The number of rotatable bonds is 9. The van der Waals surface area contributed by atoms with Gasteiger partial charge in [0.2, 0.25) is 5.91 Å². The second-order valence-corrected chi connectivity index (χ2v) is 8.20. The summed E-state index contributed by atoms with van der Waals surface area (Å²) in [6.45, 7) is 7.12. The number of carbonyl (C=O) groups excluding carboxylic acids is 1. The molecule has 0 aliphatic carbocycles. The average molecular weight is 411 g/mol. The number of methoxy groups -OCH3 is 1. The van der Waals surface area contributed by atoms with E-state index in [4.69, 9.17) is 9.47 Å². The standard InChI is InChI=1S/C25H34N2O3/c1-19-6-4-16-27(18-19)22-10-8-21(9-11-22)20(2)26-25(28)7-5-17-30-24-14-12-23(29-3)13-15-24/h8-15,19-20H,4-7,16-18H2,1-3H3,(H,26,28)/t19-,20+/m1/s1. The van der Waals surface area contributed by atoms with Crippen LogP contribution in [0.3, 0.4) is 0 Å². The van der Waals surface area contributed by atoms with Gasteiger partial charge in [-0.1, -0.05) is 19.1 Å². The molecule has 1 amide bonds. The third-order valence-electron chi connectivity index (χ3n) is 5.67. The van der Waals surface area contributed by atoms with Crippen molar-refractivity contribution >= 4 is 11.6 Å². The molecule has 162 valence electrons. The highest BCUT2D eigenvalue weighted by Crippen LogP contribution is 2.24. The zero-order chi connectivity index (χ0) is 21.3. The number of ether oxygens (including phenoxy) is 2. The molecule has 1 heterocycles. The first-order valence-corrected chi connectivity index (χ1v) is 11.0. The maximum Gasteiger partial charge on any atom is 0.220 e. The van der Waals surface area contributed by atoms with Crippen LogP contribution in [0.15, 0.2) is 48.5 Å². The van der Waals surface area contributed by atoms with Gasteiger partial charge >= 0.3 is 0 Å². The molecule has 0 unspecified atom stereocenters. The largest absolute Gasteiger partial charge is 0.497 e. The first kappa shape index (κ1) is 22.0. The van der Waals surface area contributed by atoms with Crippen molar-refractivity contribution in [1.29, 1.82) is 0 Å². The van der Waals surface area contributed by atoms with E-state index in [0.717, 1.165) is 36.1 Å². The number of carbonyl (C=O) groups is 1. The van der Waals surface area contributed by atoms with Crippen LogP contribution in [0, 0.1) is 5.92 Å². The van der Waals surface area contributed by atoms with E-state index in [1.165, 1.54) is 18.5 Å². The number of anilines is 1. The van der Waals surface area contributed by atoms with Crippen molar-refractivity contribution in [1.82, 2.24) is 5.32 Å². The summed E-state index contributed by atoms with van der Waals surface area (Å²) in [5, 5.41) is 3.09. The number of benzene rings is 2. The molecule has 5 heteroatoms. The number of hydrogen-bond donors (Lipinski definition) is 1. The zero-order valence-electron chi connectivity index (χ0n) is 18.4. The predicted octanol–water partition coefficient (Wildman–Crippen LogP) is 4.97. The molecule has 0 bridgehead atoms. The number of nitrogens with zero attached hydrogens (tertiary/aromatic N) is 1. The molecule has 2 atom stereocenters. The van der Waals surface area contributed by atoms with E-state index in [1.807, 2.05) is 31.2 Å². The molecule has 3 rings (SSSR count). The van der Waals surface area contributed by atoms with Crippen LogP contribution in [-0.4, -0.2) is 32.7 Å². The number of hydrogen-bond acceptors (Lipinski definition) is 4. The Morgan fingerprint density at radius 2 is 1.83 bits per heavy atom. The monoisotopic (exact) mass is 410 g/mol. The fraction of sp³-hybridized carbons (Fsp3) is 0.480. The van der Waals surface area contributed by atoms with Gasteiger partial charge in [-0.25, -0.2) is 0 Å². The van der Waals surface area contributed by atoms with Crippen LogP contribution in [0.2, 0.25) is 0 Å². The molecule has 1 saturated heterocycles. The van der Waals surface area contributed by atoms with Crippen molar-refractivity contribution < 1.29 is 14.3 Å². The summed E-state index contributed by atoms with van der Waals surface area (Å²) < 4.78 is 10.8. The Balaban J connectivity index is 1.39. The van der Waals surface area contributed by atoms with Crippen LogP contribution in [0.5, 0.6) is 11.5 Å². The predicted molar refractivity (Wildman–Crippen MR) is 121 cm³/mol. The Morgan fingerprint density at radius 3 is 2.50 bits per heavy atom. The van der Waals surface area contributed by atoms with Crippen LogP contribution in [0.25, 0.3) is 0 Å². The molecule has 0 spiro atoms. The molecule has 1 aliphatic heterocycles. The lowest BCUT2D eigenvalue weighted by molar-refractivity contribution is -0.121. The van der Waals surface area contributed by atoms with Crippen molar-refractivity contribution in [3.63, 3.8) is 0 Å². The Hall–Kier alpha value is -2.69. The quantitative estimate of drug-likeness (QED) is 0.593. The van der Waals surface area contributed by atoms with Gasteiger partial charge in [-0.2, -0.15) is 0 Å². The maximum atomic E-state index is 12.3. The fourth-order valence-electron chi connectivity index (χ4n) is 3.89. The highest BCUT2D eigenvalue weighted by molar-refractivity contribution is 5.76. The Kier molecular flexibility index (Phi) is 8.00. The van der Waals surface area contributed by atoms with Crippen LogP contribution in [-0.2, 0) is 4.79 Å². The smallest absolute Gasteiger partial charge is 0.220 e. The molecule has 1 aliphatic rings. The molecule has 0 radical (unpaired) electrons. The van der Waals surface area contributed by atoms with Gasteiger partial charge in [0, 0.05) is 25.2 Å². The van der Waals surface area contributed by atoms with Gasteiger partial charge in [0.15, 0.2) is 0 Å². The van der Waals surface area contributed by atoms with Gasteiger partial charge in [-0.15, -0.1) is 0 Å². The summed E-state index contributed by atoms with van der Waals surface area (Å²) in [6.07, 6.45) is 3.71. The van der Waals surface area contributed by atoms with Gasteiger partial charge in [-0.05, 0) is 74.1 Å². The van der Waals surface area contributed by atoms with E-state index in [-0.39, 0.29) is 11.9 Å². The van der Waals surface area contributed by atoms with Crippen molar-refractivity contribution in [2.75, 3.05) is 31.7 Å². The lowest BCUT2D eigenvalue weighted by Gasteiger charge is -2.33. The molecule has 0 saturated carbocycles. The Labute approximate surface area is 180 Å². The fourth-order valence-corrected chi connectivity index (χ4v) is 3.89. The minimum atomic E-state index is -0.00524. The van der Waals surface area contributed by atoms with Gasteiger partial charge in [0.25, 0.3) is 0 Å². The first-order valence-electron chi connectivity index (χ1n) is 11.0. The Morgan fingerprint density at radius 1 is 1.13 bits per heavy atom. The topological polar surface area (TPSA) is 50.8 Å². The summed E-state index contributed by atoms with van der Waals surface area (Å²) in [6, 6.07) is 16.1. The summed E-state index contributed by atoms with van der Waals surface area (Å²) >= 11 is 0. The summed E-state index contributed by atoms with van der Waals surface area (Å²) in [5.74, 6) is 2.39. The zero-order valence-corrected chi connectivity index (χ0v) is 18.4. The average Bonchev–Trinajstić information content (AvgIpc) is 2.77. The molecule has 1 N–H and O–H groups in total. The van der Waals surface area contributed by atoms with Crippen molar-refractivity contribution in [3.05, 3.63) is 54.1 Å². The molecule has 2 aromatic carbocycles.